The number of esters is 1. The summed E-state index contributed by atoms with van der Waals surface area (Å²) in [5.41, 5.74) is 0.0306. The number of rotatable bonds is 7. The van der Waals surface area contributed by atoms with Crippen molar-refractivity contribution in [2.24, 2.45) is 0 Å². The fourth-order valence-corrected chi connectivity index (χ4v) is 3.82. The molecule has 0 aliphatic carbocycles. The van der Waals surface area contributed by atoms with E-state index in [0.29, 0.717) is 22.5 Å². The Labute approximate surface area is 199 Å². The first-order chi connectivity index (χ1) is 15.1. The molecule has 0 spiro atoms. The minimum absolute atomic E-state index is 0.0374. The number of nitrogens with zero attached hydrogens (tertiary/aromatic N) is 3. The van der Waals surface area contributed by atoms with E-state index < -0.39 is 23.1 Å². The van der Waals surface area contributed by atoms with Gasteiger partial charge < -0.3 is 9.47 Å². The summed E-state index contributed by atoms with van der Waals surface area (Å²) in [6, 6.07) is 11.9. The average molecular weight is 553 g/mol. The summed E-state index contributed by atoms with van der Waals surface area (Å²) in [5.74, 6) is -0.926. The highest BCUT2D eigenvalue weighted by atomic mass is 127. The van der Waals surface area contributed by atoms with Crippen LogP contribution in [0.5, 0.6) is 0 Å². The molecule has 0 saturated heterocycles. The fraction of sp³-hybridized carbons (Fsp3) is 0.348. The Morgan fingerprint density at radius 2 is 1.84 bits per heavy atom. The molecular formula is C23H25FIN3O4. The molecule has 3 rings (SSSR count). The maximum Gasteiger partial charge on any atom is 0.350 e. The van der Waals surface area contributed by atoms with Crippen LogP contribution < -0.4 is 5.69 Å². The van der Waals surface area contributed by atoms with Crippen LogP contribution in [0.3, 0.4) is 0 Å². The number of carbonyl (C=O) groups is 1. The number of halogens is 2. The van der Waals surface area contributed by atoms with Crippen molar-refractivity contribution in [2.75, 3.05) is 0 Å². The number of benzene rings is 2. The van der Waals surface area contributed by atoms with Gasteiger partial charge in [0, 0.05) is 12.6 Å². The highest BCUT2D eigenvalue weighted by Crippen LogP contribution is 2.24. The Hall–Kier alpha value is -2.53. The van der Waals surface area contributed by atoms with Gasteiger partial charge in [-0.3, -0.25) is 4.57 Å². The minimum atomic E-state index is -0.740. The zero-order chi connectivity index (χ0) is 23.5. The van der Waals surface area contributed by atoms with Crippen LogP contribution in [-0.4, -0.2) is 25.9 Å². The highest BCUT2D eigenvalue weighted by Gasteiger charge is 2.24. The van der Waals surface area contributed by atoms with Crippen LogP contribution in [0.1, 0.15) is 49.4 Å². The predicted molar refractivity (Wildman–Crippen MR) is 126 cm³/mol. The molecule has 170 valence electrons. The second-order valence-corrected chi connectivity index (χ2v) is 9.20. The lowest BCUT2D eigenvalue weighted by molar-refractivity contribution is 0.00677. The molecule has 7 nitrogen and oxygen atoms in total. The molecule has 0 amide bonds. The third-order valence-electron chi connectivity index (χ3n) is 4.46. The molecule has 9 heteroatoms. The van der Waals surface area contributed by atoms with Crippen LogP contribution in [0.25, 0.3) is 5.69 Å². The van der Waals surface area contributed by atoms with Gasteiger partial charge in [-0.1, -0.05) is 30.3 Å². The molecule has 0 saturated carbocycles. The molecule has 0 radical (unpaired) electrons. The van der Waals surface area contributed by atoms with Crippen molar-refractivity contribution in [3.8, 4) is 5.69 Å². The van der Waals surface area contributed by atoms with Crippen LogP contribution in [0.2, 0.25) is 0 Å². The van der Waals surface area contributed by atoms with E-state index in [0.717, 1.165) is 16.3 Å². The van der Waals surface area contributed by atoms with Crippen LogP contribution in [0, 0.1) is 9.39 Å². The molecule has 0 fully saturated rings. The van der Waals surface area contributed by atoms with Crippen LogP contribution in [0.15, 0.2) is 47.3 Å². The molecule has 0 bridgehead atoms. The number of hydrogen-bond acceptors (Lipinski definition) is 5. The maximum atomic E-state index is 14.4. The Morgan fingerprint density at radius 3 is 2.47 bits per heavy atom. The monoisotopic (exact) mass is 553 g/mol. The molecule has 0 N–H and O–H groups in total. The van der Waals surface area contributed by atoms with Crippen molar-refractivity contribution in [1.29, 1.82) is 0 Å². The van der Waals surface area contributed by atoms with Gasteiger partial charge in [0.25, 0.3) is 0 Å². The molecule has 0 unspecified atom stereocenters. The maximum absolute atomic E-state index is 14.4. The lowest BCUT2D eigenvalue weighted by atomic mass is 10.1. The summed E-state index contributed by atoms with van der Waals surface area (Å²) in [7, 11) is 0. The van der Waals surface area contributed by atoms with Crippen LogP contribution in [-0.2, 0) is 29.2 Å². The van der Waals surface area contributed by atoms with Gasteiger partial charge in [-0.25, -0.2) is 14.0 Å². The SMILES string of the molecule is CCn1c(COCc2ccccc2)nn(-c2cc(F)cc(C(=O)OC(C)(C)C)c2I)c1=O. The van der Waals surface area contributed by atoms with Gasteiger partial charge in [-0.05, 0) is 61.9 Å². The van der Waals surface area contributed by atoms with E-state index in [1.165, 1.54) is 10.6 Å². The van der Waals surface area contributed by atoms with Gasteiger partial charge in [-0.15, -0.1) is 5.10 Å². The molecule has 1 heterocycles. The Kier molecular flexibility index (Phi) is 7.50. The smallest absolute Gasteiger partial charge is 0.350 e. The summed E-state index contributed by atoms with van der Waals surface area (Å²) in [5, 5.41) is 4.38. The number of hydrogen-bond donors (Lipinski definition) is 0. The van der Waals surface area contributed by atoms with Crippen molar-refractivity contribution in [3.63, 3.8) is 0 Å². The van der Waals surface area contributed by atoms with E-state index in [1.54, 1.807) is 20.8 Å². The predicted octanol–water partition coefficient (Wildman–Crippen LogP) is 4.47. The largest absolute Gasteiger partial charge is 0.456 e. The summed E-state index contributed by atoms with van der Waals surface area (Å²) in [6.45, 7) is 7.85. The quantitative estimate of drug-likeness (QED) is 0.319. The van der Waals surface area contributed by atoms with Gasteiger partial charge in [-0.2, -0.15) is 4.68 Å². The minimum Gasteiger partial charge on any atom is -0.456 e. The van der Waals surface area contributed by atoms with Crippen molar-refractivity contribution in [1.82, 2.24) is 14.3 Å². The van der Waals surface area contributed by atoms with Gasteiger partial charge in [0.1, 0.15) is 18.0 Å². The lowest BCUT2D eigenvalue weighted by Gasteiger charge is -2.20. The standard InChI is InChI=1S/C23H25FIN3O4/c1-5-27-19(14-31-13-15-9-7-6-8-10-15)26-28(22(27)30)18-12-16(24)11-17(20(18)25)21(29)32-23(2,3)4/h6-12H,5,13-14H2,1-4H3. The van der Waals surface area contributed by atoms with E-state index in [4.69, 9.17) is 9.47 Å². The average Bonchev–Trinajstić information content (AvgIpc) is 3.04. The normalized spacial score (nSPS) is 11.6. The second-order valence-electron chi connectivity index (χ2n) is 8.12. The fourth-order valence-electron chi connectivity index (χ4n) is 3.06. The first-order valence-electron chi connectivity index (χ1n) is 10.1. The number of carbonyl (C=O) groups excluding carboxylic acids is 1. The zero-order valence-corrected chi connectivity index (χ0v) is 20.6. The zero-order valence-electron chi connectivity index (χ0n) is 18.4. The topological polar surface area (TPSA) is 75.3 Å². The van der Waals surface area contributed by atoms with E-state index in [-0.39, 0.29) is 17.9 Å². The van der Waals surface area contributed by atoms with Crippen LogP contribution in [0.4, 0.5) is 4.39 Å². The van der Waals surface area contributed by atoms with Crippen LogP contribution >= 0.6 is 22.6 Å². The molecule has 32 heavy (non-hydrogen) atoms. The van der Waals surface area contributed by atoms with E-state index >= 15 is 0 Å². The summed E-state index contributed by atoms with van der Waals surface area (Å²) in [4.78, 5) is 25.6. The van der Waals surface area contributed by atoms with Gasteiger partial charge in [0.05, 0.1) is 21.4 Å². The first kappa shape index (κ1) is 24.1. The third kappa shape index (κ3) is 5.63. The lowest BCUT2D eigenvalue weighted by Crippen LogP contribution is -2.27. The third-order valence-corrected chi connectivity index (χ3v) is 5.60. The molecule has 0 aliphatic rings. The Balaban J connectivity index is 1.94. The number of aromatic nitrogens is 3. The van der Waals surface area contributed by atoms with Gasteiger partial charge in [0.2, 0.25) is 0 Å². The summed E-state index contributed by atoms with van der Waals surface area (Å²) in [6.07, 6.45) is 0. The Morgan fingerprint density at radius 1 is 1.16 bits per heavy atom. The van der Waals surface area contributed by atoms with Crippen molar-refractivity contribution in [3.05, 3.63) is 79.3 Å². The highest BCUT2D eigenvalue weighted by molar-refractivity contribution is 14.1. The molecule has 0 atom stereocenters. The first-order valence-corrected chi connectivity index (χ1v) is 11.2. The molecule has 3 aromatic rings. The second kappa shape index (κ2) is 9.95. The molecule has 0 aliphatic heterocycles. The Bertz CT molecular complexity index is 1170. The van der Waals surface area contributed by atoms with E-state index in [9.17, 15) is 14.0 Å². The van der Waals surface area contributed by atoms with E-state index in [1.807, 2.05) is 59.8 Å². The molecule has 1 aromatic heterocycles. The van der Waals surface area contributed by atoms with Crippen molar-refractivity contribution >= 4 is 28.6 Å². The van der Waals surface area contributed by atoms with Gasteiger partial charge >= 0.3 is 11.7 Å². The number of ether oxygens (including phenoxy) is 2. The van der Waals surface area contributed by atoms with Gasteiger partial charge in [0.15, 0.2) is 5.82 Å². The van der Waals surface area contributed by atoms with Crippen molar-refractivity contribution in [2.45, 2.75) is 53.1 Å². The van der Waals surface area contributed by atoms with E-state index in [2.05, 4.69) is 5.10 Å². The molecular weight excluding hydrogens is 528 g/mol. The summed E-state index contributed by atoms with van der Waals surface area (Å²) < 4.78 is 28.5. The van der Waals surface area contributed by atoms with Crippen molar-refractivity contribution < 1.29 is 18.7 Å². The molecule has 2 aromatic carbocycles. The summed E-state index contributed by atoms with van der Waals surface area (Å²) >= 11 is 1.91.